The molecule has 2 rings (SSSR count). The Morgan fingerprint density at radius 3 is 3.00 bits per heavy atom. The summed E-state index contributed by atoms with van der Waals surface area (Å²) in [6, 6.07) is 7.37. The molecule has 1 aliphatic heterocycles. The maximum atomic E-state index is 12.2. The molecule has 1 amide bonds. The molecule has 5 heteroatoms. The summed E-state index contributed by atoms with van der Waals surface area (Å²) >= 11 is 0. The number of anilines is 1. The Kier molecular flexibility index (Phi) is 4.76. The van der Waals surface area contributed by atoms with Gasteiger partial charge < -0.3 is 20.5 Å². The number of nitrogens with one attached hydrogen (secondary N) is 1. The molecule has 1 fully saturated rings. The van der Waals surface area contributed by atoms with Crippen molar-refractivity contribution in [3.05, 3.63) is 24.3 Å². The molecule has 1 heterocycles. The van der Waals surface area contributed by atoms with Crippen LogP contribution in [-0.2, 0) is 9.53 Å². The van der Waals surface area contributed by atoms with Crippen molar-refractivity contribution in [3.63, 3.8) is 0 Å². The summed E-state index contributed by atoms with van der Waals surface area (Å²) in [5, 5.41) is 2.91. The van der Waals surface area contributed by atoms with Crippen LogP contribution in [0.4, 0.5) is 5.69 Å². The predicted octanol–water partition coefficient (Wildman–Crippen LogP) is 1.39. The summed E-state index contributed by atoms with van der Waals surface area (Å²) < 4.78 is 10.9. The summed E-state index contributed by atoms with van der Waals surface area (Å²) in [7, 11) is 0. The number of hydrogen-bond donors (Lipinski definition) is 2. The molecule has 0 spiro atoms. The highest BCUT2D eigenvalue weighted by atomic mass is 16.5. The van der Waals surface area contributed by atoms with Gasteiger partial charge in [0, 0.05) is 13.2 Å². The van der Waals surface area contributed by atoms with Crippen LogP contribution in [0.5, 0.6) is 5.75 Å². The fourth-order valence-corrected chi connectivity index (χ4v) is 2.17. The Labute approximate surface area is 113 Å². The summed E-state index contributed by atoms with van der Waals surface area (Å²) in [4.78, 5) is 12.2. The maximum absolute atomic E-state index is 12.2. The minimum atomic E-state index is -0.0948. The molecule has 1 aromatic carbocycles. The lowest BCUT2D eigenvalue weighted by Gasteiger charge is -2.16. The zero-order valence-electron chi connectivity index (χ0n) is 11.1. The van der Waals surface area contributed by atoms with Crippen LogP contribution in [0.25, 0.3) is 0 Å². The van der Waals surface area contributed by atoms with E-state index in [1.165, 1.54) is 0 Å². The molecule has 0 aliphatic carbocycles. The smallest absolute Gasteiger partial charge is 0.230 e. The highest BCUT2D eigenvalue weighted by molar-refractivity contribution is 5.94. The molecule has 1 aromatic rings. The van der Waals surface area contributed by atoms with Crippen LogP contribution in [0.15, 0.2) is 24.3 Å². The molecule has 0 radical (unpaired) electrons. The Balaban J connectivity index is 2.03. The Morgan fingerprint density at radius 1 is 1.53 bits per heavy atom. The SMILES string of the molecule is CC1OCCC1C(=O)Nc1ccccc1OCCN. The van der Waals surface area contributed by atoms with E-state index in [1.54, 1.807) is 0 Å². The Hall–Kier alpha value is -1.59. The van der Waals surface area contributed by atoms with Crippen molar-refractivity contribution < 1.29 is 14.3 Å². The number of rotatable bonds is 5. The van der Waals surface area contributed by atoms with E-state index < -0.39 is 0 Å². The van der Waals surface area contributed by atoms with Crippen LogP contribution >= 0.6 is 0 Å². The molecule has 19 heavy (non-hydrogen) atoms. The van der Waals surface area contributed by atoms with Gasteiger partial charge in [0.25, 0.3) is 0 Å². The Bertz CT molecular complexity index is 436. The lowest BCUT2D eigenvalue weighted by Crippen LogP contribution is -2.28. The van der Waals surface area contributed by atoms with Crippen molar-refractivity contribution in [1.82, 2.24) is 0 Å². The second kappa shape index (κ2) is 6.54. The first kappa shape index (κ1) is 13.8. The molecule has 2 unspecified atom stereocenters. The second-order valence-corrected chi connectivity index (χ2v) is 4.59. The predicted molar refractivity (Wildman–Crippen MR) is 73.1 cm³/mol. The highest BCUT2D eigenvalue weighted by Gasteiger charge is 2.31. The summed E-state index contributed by atoms with van der Waals surface area (Å²) in [6.45, 7) is 3.43. The van der Waals surface area contributed by atoms with E-state index >= 15 is 0 Å². The van der Waals surface area contributed by atoms with Gasteiger partial charge in [-0.3, -0.25) is 4.79 Å². The molecule has 0 aromatic heterocycles. The van der Waals surface area contributed by atoms with Gasteiger partial charge in [-0.15, -0.1) is 0 Å². The fourth-order valence-electron chi connectivity index (χ4n) is 2.17. The molecular formula is C14H20N2O3. The largest absolute Gasteiger partial charge is 0.490 e. The van der Waals surface area contributed by atoms with E-state index in [-0.39, 0.29) is 17.9 Å². The van der Waals surface area contributed by atoms with Crippen LogP contribution in [-0.4, -0.2) is 31.8 Å². The number of carbonyl (C=O) groups is 1. The fraction of sp³-hybridized carbons (Fsp3) is 0.500. The third kappa shape index (κ3) is 3.45. The highest BCUT2D eigenvalue weighted by Crippen LogP contribution is 2.27. The molecule has 0 bridgehead atoms. The third-order valence-corrected chi connectivity index (χ3v) is 3.23. The van der Waals surface area contributed by atoms with E-state index in [1.807, 2.05) is 31.2 Å². The first-order valence-corrected chi connectivity index (χ1v) is 6.56. The van der Waals surface area contributed by atoms with Gasteiger partial charge in [0.15, 0.2) is 0 Å². The van der Waals surface area contributed by atoms with Crippen molar-refractivity contribution in [2.24, 2.45) is 11.7 Å². The maximum Gasteiger partial charge on any atom is 0.230 e. The molecule has 0 saturated carbocycles. The average Bonchev–Trinajstić information content (AvgIpc) is 2.84. The van der Waals surface area contributed by atoms with Crippen LogP contribution in [0, 0.1) is 5.92 Å². The summed E-state index contributed by atoms with van der Waals surface area (Å²) in [5.74, 6) is 0.532. The van der Waals surface area contributed by atoms with Gasteiger partial charge in [-0.2, -0.15) is 0 Å². The van der Waals surface area contributed by atoms with Crippen molar-refractivity contribution in [3.8, 4) is 5.75 Å². The van der Waals surface area contributed by atoms with Crippen molar-refractivity contribution >= 4 is 11.6 Å². The van der Waals surface area contributed by atoms with Gasteiger partial charge in [-0.25, -0.2) is 0 Å². The van der Waals surface area contributed by atoms with E-state index in [0.717, 1.165) is 6.42 Å². The summed E-state index contributed by atoms with van der Waals surface area (Å²) in [5.41, 5.74) is 6.10. The van der Waals surface area contributed by atoms with Gasteiger partial charge in [0.2, 0.25) is 5.91 Å². The number of benzene rings is 1. The first-order chi connectivity index (χ1) is 9.22. The van der Waals surface area contributed by atoms with E-state index in [9.17, 15) is 4.79 Å². The minimum absolute atomic E-state index is 0.0196. The van der Waals surface area contributed by atoms with Crippen LogP contribution < -0.4 is 15.8 Å². The van der Waals surface area contributed by atoms with Crippen molar-refractivity contribution in [1.29, 1.82) is 0 Å². The van der Waals surface area contributed by atoms with Crippen molar-refractivity contribution in [2.75, 3.05) is 25.1 Å². The minimum Gasteiger partial charge on any atom is -0.490 e. The molecule has 5 nitrogen and oxygen atoms in total. The van der Waals surface area contributed by atoms with Gasteiger partial charge in [-0.1, -0.05) is 12.1 Å². The molecular weight excluding hydrogens is 244 g/mol. The Morgan fingerprint density at radius 2 is 2.32 bits per heavy atom. The number of nitrogens with two attached hydrogens (primary N) is 1. The standard InChI is InChI=1S/C14H20N2O3/c1-10-11(6-8-18-10)14(17)16-12-4-2-3-5-13(12)19-9-7-15/h2-5,10-11H,6-9,15H2,1H3,(H,16,17). The number of hydrogen-bond acceptors (Lipinski definition) is 4. The van der Waals surface area contributed by atoms with E-state index in [4.69, 9.17) is 15.2 Å². The summed E-state index contributed by atoms with van der Waals surface area (Å²) in [6.07, 6.45) is 0.732. The monoisotopic (exact) mass is 264 g/mol. The van der Waals surface area contributed by atoms with Gasteiger partial charge in [-0.05, 0) is 25.5 Å². The van der Waals surface area contributed by atoms with Gasteiger partial charge in [0.05, 0.1) is 17.7 Å². The molecule has 1 saturated heterocycles. The molecule has 1 aliphatic rings. The van der Waals surface area contributed by atoms with Crippen LogP contribution in [0.3, 0.4) is 0 Å². The number of carbonyl (C=O) groups excluding carboxylic acids is 1. The number of para-hydroxylation sites is 2. The third-order valence-electron chi connectivity index (χ3n) is 3.23. The van der Waals surface area contributed by atoms with Gasteiger partial charge in [0.1, 0.15) is 12.4 Å². The topological polar surface area (TPSA) is 73.6 Å². The average molecular weight is 264 g/mol. The number of amides is 1. The quantitative estimate of drug-likeness (QED) is 0.842. The first-order valence-electron chi connectivity index (χ1n) is 6.56. The van der Waals surface area contributed by atoms with Crippen LogP contribution in [0.2, 0.25) is 0 Å². The lowest BCUT2D eigenvalue weighted by atomic mass is 10.0. The van der Waals surface area contributed by atoms with Gasteiger partial charge >= 0.3 is 0 Å². The number of ether oxygens (including phenoxy) is 2. The zero-order chi connectivity index (χ0) is 13.7. The zero-order valence-corrected chi connectivity index (χ0v) is 11.1. The van der Waals surface area contributed by atoms with E-state index in [0.29, 0.717) is 31.2 Å². The van der Waals surface area contributed by atoms with Crippen LogP contribution in [0.1, 0.15) is 13.3 Å². The van der Waals surface area contributed by atoms with E-state index in [2.05, 4.69) is 5.32 Å². The lowest BCUT2D eigenvalue weighted by molar-refractivity contribution is -0.121. The normalized spacial score (nSPS) is 22.2. The molecule has 2 atom stereocenters. The molecule has 104 valence electrons. The van der Waals surface area contributed by atoms with Crippen molar-refractivity contribution in [2.45, 2.75) is 19.4 Å². The molecule has 3 N–H and O–H groups in total. The second-order valence-electron chi connectivity index (χ2n) is 4.59.